The van der Waals surface area contributed by atoms with Gasteiger partial charge in [-0.05, 0) is 6.42 Å². The molecule has 1 rings (SSSR count). The average Bonchev–Trinajstić information content (AvgIpc) is 2.22. The Hall–Kier alpha value is -0.590. The third-order valence-electron chi connectivity index (χ3n) is 1.19. The summed E-state index contributed by atoms with van der Waals surface area (Å²) in [4.78, 5) is 10.2. The van der Waals surface area contributed by atoms with E-state index in [-0.39, 0.29) is 0 Å². The fraction of sp³-hybridized carbons (Fsp3) is 0.500. The molecule has 38 valence electrons. The highest BCUT2D eigenvalue weighted by molar-refractivity contribution is 5.96. The molecule has 1 unspecified atom stereocenters. The molecule has 1 nitrogen and oxygen atoms in total. The molecule has 1 saturated carbocycles. The Morgan fingerprint density at radius 3 is 2.71 bits per heavy atom. The number of hydrogen-bond donors (Lipinski definition) is 0. The zero-order chi connectivity index (χ0) is 5.28. The van der Waals surface area contributed by atoms with E-state index in [4.69, 9.17) is 0 Å². The maximum atomic E-state index is 10.2. The van der Waals surface area contributed by atoms with Crippen LogP contribution in [-0.2, 0) is 4.79 Å². The van der Waals surface area contributed by atoms with Gasteiger partial charge in [-0.2, -0.15) is 0 Å². The van der Waals surface area contributed by atoms with E-state index in [1.54, 1.807) is 6.08 Å². The molecule has 0 saturated heterocycles. The fourth-order valence-electron chi connectivity index (χ4n) is 0.600. The summed E-state index contributed by atoms with van der Waals surface area (Å²) in [6.45, 7) is 3.52. The topological polar surface area (TPSA) is 17.1 Å². The van der Waals surface area contributed by atoms with Gasteiger partial charge in [-0.1, -0.05) is 6.08 Å². The number of ketones is 1. The van der Waals surface area contributed by atoms with Gasteiger partial charge in [0.25, 0.3) is 0 Å². The molecule has 0 aliphatic heterocycles. The Kier molecular flexibility index (Phi) is 0.970. The quantitative estimate of drug-likeness (QED) is 0.471. The minimum Gasteiger partial charge on any atom is -0.299 e. The van der Waals surface area contributed by atoms with Crippen molar-refractivity contribution < 1.29 is 4.79 Å². The first-order valence-corrected chi connectivity index (χ1v) is 2.48. The van der Waals surface area contributed by atoms with Crippen molar-refractivity contribution in [3.63, 3.8) is 0 Å². The maximum Gasteiger partial charge on any atom is 0.137 e. The van der Waals surface area contributed by atoms with Crippen LogP contribution in [-0.4, -0.2) is 5.78 Å². The van der Waals surface area contributed by atoms with Crippen LogP contribution in [0.4, 0.5) is 0 Å². The van der Waals surface area contributed by atoms with Crippen molar-refractivity contribution in [1.29, 1.82) is 0 Å². The Morgan fingerprint density at radius 1 is 2.00 bits per heavy atom. The number of rotatable bonds is 2. The highest BCUT2D eigenvalue weighted by Gasteiger charge is 2.32. The third kappa shape index (κ3) is 0.889. The summed E-state index contributed by atoms with van der Waals surface area (Å²) < 4.78 is 0. The zero-order valence-corrected chi connectivity index (χ0v) is 4.18. The molecule has 0 aromatic carbocycles. The van der Waals surface area contributed by atoms with Gasteiger partial charge >= 0.3 is 0 Å². The van der Waals surface area contributed by atoms with Gasteiger partial charge in [0.15, 0.2) is 0 Å². The molecule has 1 aliphatic rings. The van der Waals surface area contributed by atoms with Crippen LogP contribution >= 0.6 is 0 Å². The second-order valence-electron chi connectivity index (χ2n) is 1.89. The molecule has 7 heavy (non-hydrogen) atoms. The number of carbonyl (C=O) groups is 1. The molecule has 0 radical (unpaired) electrons. The van der Waals surface area contributed by atoms with Crippen molar-refractivity contribution in [2.45, 2.75) is 12.8 Å². The summed E-state index contributed by atoms with van der Waals surface area (Å²) in [6.07, 6.45) is 3.49. The molecule has 1 heteroatoms. The average molecular weight is 96.1 g/mol. The lowest BCUT2D eigenvalue weighted by Gasteiger charge is -1.75. The van der Waals surface area contributed by atoms with E-state index >= 15 is 0 Å². The zero-order valence-electron chi connectivity index (χ0n) is 4.18. The summed E-state index contributed by atoms with van der Waals surface area (Å²) in [6, 6.07) is 0. The van der Waals surface area contributed by atoms with Crippen LogP contribution in [0.15, 0.2) is 12.7 Å². The summed E-state index contributed by atoms with van der Waals surface area (Å²) in [5, 5.41) is 0. The monoisotopic (exact) mass is 96.1 g/mol. The number of allylic oxidation sites excluding steroid dienone is 1. The lowest BCUT2D eigenvalue weighted by Crippen LogP contribution is -1.71. The van der Waals surface area contributed by atoms with Crippen LogP contribution in [0.5, 0.6) is 0 Å². The lowest BCUT2D eigenvalue weighted by atomic mass is 10.3. The largest absolute Gasteiger partial charge is 0.299 e. The van der Waals surface area contributed by atoms with Crippen molar-refractivity contribution >= 4 is 5.78 Å². The van der Waals surface area contributed by atoms with Crippen LogP contribution in [0.1, 0.15) is 12.8 Å². The van der Waals surface area contributed by atoms with Crippen LogP contribution in [0, 0.1) is 5.92 Å². The lowest BCUT2D eigenvalue weighted by molar-refractivity contribution is -0.111. The molecule has 0 heterocycles. The number of carbonyl (C=O) groups excluding carboxylic acids is 1. The first-order chi connectivity index (χ1) is 3.34. The van der Waals surface area contributed by atoms with Crippen molar-refractivity contribution in [3.05, 3.63) is 12.7 Å². The third-order valence-corrected chi connectivity index (χ3v) is 1.19. The van der Waals surface area contributed by atoms with E-state index in [1.807, 2.05) is 0 Å². The molecular formula is C6H8O. The predicted molar refractivity (Wildman–Crippen MR) is 27.9 cm³/mol. The van der Waals surface area contributed by atoms with E-state index in [2.05, 4.69) is 6.58 Å². The Bertz CT molecular complexity index is 105. The minimum absolute atomic E-state index is 0.359. The summed E-state index contributed by atoms with van der Waals surface area (Å²) in [5.41, 5.74) is 0. The molecule has 1 atom stereocenters. The van der Waals surface area contributed by atoms with Gasteiger partial charge in [-0.25, -0.2) is 0 Å². The van der Waals surface area contributed by atoms with Gasteiger partial charge in [0.05, 0.1) is 0 Å². The second-order valence-corrected chi connectivity index (χ2v) is 1.89. The van der Waals surface area contributed by atoms with Crippen LogP contribution in [0.25, 0.3) is 0 Å². The van der Waals surface area contributed by atoms with Gasteiger partial charge < -0.3 is 0 Å². The van der Waals surface area contributed by atoms with Crippen LogP contribution in [0.3, 0.4) is 0 Å². The van der Waals surface area contributed by atoms with Gasteiger partial charge in [0.2, 0.25) is 0 Å². The summed E-state index contributed by atoms with van der Waals surface area (Å²) in [5.74, 6) is 0.761. The molecule has 1 aliphatic carbocycles. The minimum atomic E-state index is 0.359. The molecule has 0 bridgehead atoms. The van der Waals surface area contributed by atoms with Crippen LogP contribution < -0.4 is 0 Å². The predicted octanol–water partition coefficient (Wildman–Crippen LogP) is 1.15. The molecule has 0 aromatic rings. The molecular weight excluding hydrogens is 88.1 g/mol. The maximum absolute atomic E-state index is 10.2. The van der Waals surface area contributed by atoms with Crippen molar-refractivity contribution in [2.24, 2.45) is 5.92 Å². The van der Waals surface area contributed by atoms with E-state index < -0.39 is 0 Å². The van der Waals surface area contributed by atoms with E-state index in [9.17, 15) is 4.79 Å². The van der Waals surface area contributed by atoms with Crippen molar-refractivity contribution in [3.8, 4) is 0 Å². The number of Topliss-reactive ketones (excluding diaryl/α,β-unsaturated/α-hetero) is 1. The summed E-state index contributed by atoms with van der Waals surface area (Å²) in [7, 11) is 0. The first kappa shape index (κ1) is 4.57. The second kappa shape index (κ2) is 1.49. The fourth-order valence-corrected chi connectivity index (χ4v) is 0.600. The Morgan fingerprint density at radius 2 is 2.57 bits per heavy atom. The number of hydrogen-bond acceptors (Lipinski definition) is 1. The highest BCUT2D eigenvalue weighted by Crippen LogP contribution is 2.27. The first-order valence-electron chi connectivity index (χ1n) is 2.48. The molecule has 1 fully saturated rings. The Labute approximate surface area is 43.0 Å². The molecule has 0 N–H and O–H groups in total. The highest BCUT2D eigenvalue weighted by atomic mass is 16.1. The smallest absolute Gasteiger partial charge is 0.137 e. The van der Waals surface area contributed by atoms with Gasteiger partial charge in [0.1, 0.15) is 5.78 Å². The Balaban J connectivity index is 2.20. The van der Waals surface area contributed by atoms with Crippen molar-refractivity contribution in [1.82, 2.24) is 0 Å². The van der Waals surface area contributed by atoms with Gasteiger partial charge in [-0.3, -0.25) is 4.79 Å². The van der Waals surface area contributed by atoms with E-state index in [0.717, 1.165) is 12.8 Å². The summed E-state index contributed by atoms with van der Waals surface area (Å²) >= 11 is 0. The van der Waals surface area contributed by atoms with Crippen LogP contribution in [0.2, 0.25) is 0 Å². The molecule has 0 amide bonds. The molecule has 0 spiro atoms. The van der Waals surface area contributed by atoms with Gasteiger partial charge in [-0.15, -0.1) is 6.58 Å². The molecule has 0 aromatic heterocycles. The van der Waals surface area contributed by atoms with Gasteiger partial charge in [0, 0.05) is 12.3 Å². The SMILES string of the molecule is C=CCC1CC1=O. The van der Waals surface area contributed by atoms with E-state index in [1.165, 1.54) is 0 Å². The van der Waals surface area contributed by atoms with E-state index in [0.29, 0.717) is 11.7 Å². The standard InChI is InChI=1S/C6H8O/c1-2-3-5-4-6(5)7/h2,5H,1,3-4H2. The normalized spacial score (nSPS) is 27.4. The van der Waals surface area contributed by atoms with Crippen molar-refractivity contribution in [2.75, 3.05) is 0 Å².